The van der Waals surface area contributed by atoms with Crippen molar-refractivity contribution in [1.29, 1.82) is 0 Å². The van der Waals surface area contributed by atoms with E-state index in [4.69, 9.17) is 9.47 Å². The van der Waals surface area contributed by atoms with Crippen molar-refractivity contribution < 1.29 is 23.9 Å². The van der Waals surface area contributed by atoms with E-state index in [1.165, 1.54) is 13.2 Å². The van der Waals surface area contributed by atoms with Crippen molar-refractivity contribution in [1.82, 2.24) is 5.32 Å². The van der Waals surface area contributed by atoms with Gasteiger partial charge in [0, 0.05) is 0 Å². The van der Waals surface area contributed by atoms with E-state index in [-0.39, 0.29) is 5.57 Å². The average Bonchev–Trinajstić information content (AvgIpc) is 2.71. The van der Waals surface area contributed by atoms with Gasteiger partial charge in [-0.2, -0.15) is 0 Å². The number of amides is 4. The van der Waals surface area contributed by atoms with Gasteiger partial charge in [-0.3, -0.25) is 14.9 Å². The molecule has 0 radical (unpaired) electrons. The Hall–Kier alpha value is -3.14. The van der Waals surface area contributed by atoms with Gasteiger partial charge in [-0.25, -0.2) is 9.69 Å². The SMILES string of the molecule is C=CCOc1c(I)cc(/C=C2\C(=O)NC(=O)N(c3ccc(C)cc3C)C2=O)cc1OC. The van der Waals surface area contributed by atoms with Crippen LogP contribution < -0.4 is 19.7 Å². The van der Waals surface area contributed by atoms with Crippen LogP contribution in [0.5, 0.6) is 11.5 Å². The van der Waals surface area contributed by atoms with E-state index < -0.39 is 17.8 Å². The molecule has 1 N–H and O–H groups in total. The smallest absolute Gasteiger partial charge is 0.335 e. The van der Waals surface area contributed by atoms with Gasteiger partial charge in [-0.05, 0) is 71.8 Å². The van der Waals surface area contributed by atoms with E-state index in [0.717, 1.165) is 19.6 Å². The molecule has 1 saturated heterocycles. The molecule has 7 nitrogen and oxygen atoms in total. The first-order chi connectivity index (χ1) is 14.8. The van der Waals surface area contributed by atoms with Crippen LogP contribution in [-0.2, 0) is 9.59 Å². The van der Waals surface area contributed by atoms with Gasteiger partial charge in [0.15, 0.2) is 11.5 Å². The summed E-state index contributed by atoms with van der Waals surface area (Å²) in [5.41, 5.74) is 2.57. The number of rotatable bonds is 6. The van der Waals surface area contributed by atoms with Gasteiger partial charge >= 0.3 is 6.03 Å². The number of methoxy groups -OCH3 is 1. The van der Waals surface area contributed by atoms with E-state index in [9.17, 15) is 14.4 Å². The molecule has 1 heterocycles. The van der Waals surface area contributed by atoms with E-state index in [0.29, 0.717) is 29.4 Å². The number of carbonyl (C=O) groups is 3. The number of hydrogen-bond donors (Lipinski definition) is 1. The Morgan fingerprint density at radius 1 is 1.16 bits per heavy atom. The Kier molecular flexibility index (Phi) is 6.79. The fourth-order valence-corrected chi connectivity index (χ4v) is 3.99. The molecule has 8 heteroatoms. The third kappa shape index (κ3) is 4.63. The molecular formula is C23H21IN2O5. The quantitative estimate of drug-likeness (QED) is 0.262. The highest BCUT2D eigenvalue weighted by molar-refractivity contribution is 14.1. The van der Waals surface area contributed by atoms with Crippen LogP contribution in [0.2, 0.25) is 0 Å². The molecule has 1 fully saturated rings. The minimum atomic E-state index is -0.778. The number of carbonyl (C=O) groups excluding carboxylic acids is 3. The van der Waals surface area contributed by atoms with Crippen molar-refractivity contribution in [2.45, 2.75) is 13.8 Å². The number of nitrogens with one attached hydrogen (secondary N) is 1. The predicted molar refractivity (Wildman–Crippen MR) is 126 cm³/mol. The number of barbiturate groups is 1. The largest absolute Gasteiger partial charge is 0.493 e. The van der Waals surface area contributed by atoms with Crippen LogP contribution in [-0.4, -0.2) is 31.6 Å². The maximum atomic E-state index is 13.1. The number of imide groups is 2. The monoisotopic (exact) mass is 532 g/mol. The fourth-order valence-electron chi connectivity index (χ4n) is 3.20. The molecule has 4 amide bonds. The zero-order valence-electron chi connectivity index (χ0n) is 17.3. The zero-order chi connectivity index (χ0) is 22.7. The van der Waals surface area contributed by atoms with Crippen LogP contribution >= 0.6 is 22.6 Å². The van der Waals surface area contributed by atoms with Gasteiger partial charge in [0.25, 0.3) is 11.8 Å². The highest BCUT2D eigenvalue weighted by Crippen LogP contribution is 2.35. The number of halogens is 1. The predicted octanol–water partition coefficient (Wildman–Crippen LogP) is 4.15. The lowest BCUT2D eigenvalue weighted by Gasteiger charge is -2.27. The highest BCUT2D eigenvalue weighted by Gasteiger charge is 2.37. The molecule has 0 unspecified atom stereocenters. The van der Waals surface area contributed by atoms with Crippen molar-refractivity contribution >= 4 is 52.2 Å². The molecule has 2 aromatic rings. The van der Waals surface area contributed by atoms with E-state index in [1.807, 2.05) is 13.0 Å². The van der Waals surface area contributed by atoms with E-state index in [1.54, 1.807) is 37.3 Å². The maximum Gasteiger partial charge on any atom is 0.335 e. The lowest BCUT2D eigenvalue weighted by atomic mass is 10.0. The first-order valence-electron chi connectivity index (χ1n) is 9.36. The van der Waals surface area contributed by atoms with Crippen molar-refractivity contribution in [3.8, 4) is 11.5 Å². The molecule has 0 bridgehead atoms. The fraction of sp³-hybridized carbons (Fsp3) is 0.174. The van der Waals surface area contributed by atoms with E-state index in [2.05, 4.69) is 34.5 Å². The van der Waals surface area contributed by atoms with Crippen molar-refractivity contribution in [2.24, 2.45) is 0 Å². The number of anilines is 1. The summed E-state index contributed by atoms with van der Waals surface area (Å²) >= 11 is 2.08. The third-order valence-corrected chi connectivity index (χ3v) is 5.40. The lowest BCUT2D eigenvalue weighted by Crippen LogP contribution is -2.54. The molecule has 0 atom stereocenters. The van der Waals surface area contributed by atoms with Crippen LogP contribution in [0.25, 0.3) is 6.08 Å². The van der Waals surface area contributed by atoms with E-state index >= 15 is 0 Å². The highest BCUT2D eigenvalue weighted by atomic mass is 127. The Bertz CT molecular complexity index is 1120. The number of ether oxygens (including phenoxy) is 2. The minimum Gasteiger partial charge on any atom is -0.493 e. The Morgan fingerprint density at radius 2 is 1.90 bits per heavy atom. The second-order valence-electron chi connectivity index (χ2n) is 6.88. The molecule has 0 saturated carbocycles. The topological polar surface area (TPSA) is 84.9 Å². The van der Waals surface area contributed by atoms with Gasteiger partial charge < -0.3 is 9.47 Å². The van der Waals surface area contributed by atoms with Gasteiger partial charge in [0.2, 0.25) is 0 Å². The first-order valence-corrected chi connectivity index (χ1v) is 10.4. The van der Waals surface area contributed by atoms with Gasteiger partial charge in [-0.15, -0.1) is 0 Å². The van der Waals surface area contributed by atoms with Crippen LogP contribution in [0.3, 0.4) is 0 Å². The maximum absolute atomic E-state index is 13.1. The molecule has 31 heavy (non-hydrogen) atoms. The summed E-state index contributed by atoms with van der Waals surface area (Å²) in [6.07, 6.45) is 3.05. The summed E-state index contributed by atoms with van der Waals surface area (Å²) in [6, 6.07) is 7.99. The van der Waals surface area contributed by atoms with Gasteiger partial charge in [0.1, 0.15) is 12.2 Å². The van der Waals surface area contributed by atoms with Crippen LogP contribution in [0.4, 0.5) is 10.5 Å². The number of benzene rings is 2. The van der Waals surface area contributed by atoms with Crippen molar-refractivity contribution in [3.63, 3.8) is 0 Å². The van der Waals surface area contributed by atoms with Crippen molar-refractivity contribution in [3.05, 3.63) is 68.8 Å². The molecule has 0 spiro atoms. The number of hydrogen-bond acceptors (Lipinski definition) is 5. The number of nitrogens with zero attached hydrogens (tertiary/aromatic N) is 1. The molecule has 160 valence electrons. The summed E-state index contributed by atoms with van der Waals surface area (Å²) in [6.45, 7) is 7.66. The normalized spacial score (nSPS) is 15.2. The summed E-state index contributed by atoms with van der Waals surface area (Å²) < 4.78 is 11.8. The molecule has 2 aromatic carbocycles. The molecule has 0 aromatic heterocycles. The zero-order valence-corrected chi connectivity index (χ0v) is 19.5. The minimum absolute atomic E-state index is 0.155. The summed E-state index contributed by atoms with van der Waals surface area (Å²) in [5.74, 6) is -0.457. The Labute approximate surface area is 193 Å². The Balaban J connectivity index is 2.04. The third-order valence-electron chi connectivity index (χ3n) is 4.60. The molecule has 3 rings (SSSR count). The van der Waals surface area contributed by atoms with Crippen LogP contribution in [0.1, 0.15) is 16.7 Å². The molecule has 1 aliphatic heterocycles. The van der Waals surface area contributed by atoms with Crippen LogP contribution in [0, 0.1) is 17.4 Å². The second kappa shape index (κ2) is 9.34. The summed E-state index contributed by atoms with van der Waals surface area (Å²) in [7, 11) is 1.50. The van der Waals surface area contributed by atoms with Gasteiger partial charge in [-0.1, -0.05) is 30.4 Å². The number of urea groups is 1. The molecular weight excluding hydrogens is 511 g/mol. The average molecular weight is 532 g/mol. The lowest BCUT2D eigenvalue weighted by molar-refractivity contribution is -0.122. The number of aryl methyl sites for hydroxylation is 2. The molecule has 0 aliphatic carbocycles. The molecule has 1 aliphatic rings. The van der Waals surface area contributed by atoms with Gasteiger partial charge in [0.05, 0.1) is 16.4 Å². The first kappa shape index (κ1) is 22.5. The Morgan fingerprint density at radius 3 is 2.55 bits per heavy atom. The summed E-state index contributed by atoms with van der Waals surface area (Å²) in [5, 5.41) is 2.24. The van der Waals surface area contributed by atoms with Crippen molar-refractivity contribution in [2.75, 3.05) is 18.6 Å². The summed E-state index contributed by atoms with van der Waals surface area (Å²) in [4.78, 5) is 39.0. The van der Waals surface area contributed by atoms with Crippen LogP contribution in [0.15, 0.2) is 48.6 Å². The second-order valence-corrected chi connectivity index (χ2v) is 8.04. The standard InChI is InChI=1S/C23H21IN2O5/c1-5-8-31-20-17(24)11-15(12-19(20)30-4)10-16-21(27)25-23(29)26(22(16)28)18-7-6-13(2)9-14(18)3/h5-7,9-12H,1,8H2,2-4H3,(H,25,27,29)/b16-10+.